The number of nitrogens with two attached hydrogens (primary N) is 1. The van der Waals surface area contributed by atoms with Crippen molar-refractivity contribution < 1.29 is 35.9 Å². The van der Waals surface area contributed by atoms with Crippen molar-refractivity contribution in [2.75, 3.05) is 24.7 Å². The Kier molecular flexibility index (Phi) is 8.57. The van der Waals surface area contributed by atoms with E-state index in [9.17, 15) is 26.4 Å². The van der Waals surface area contributed by atoms with Gasteiger partial charge in [0.2, 0.25) is 17.4 Å². The fourth-order valence-corrected chi connectivity index (χ4v) is 7.32. The molecule has 3 N–H and O–H groups in total. The fraction of sp³-hybridized carbons (Fsp3) is 0.281. The summed E-state index contributed by atoms with van der Waals surface area (Å²) in [5.41, 5.74) is 8.37. The van der Waals surface area contributed by atoms with Crippen LogP contribution < -0.4 is 10.5 Å². The predicted octanol–water partition coefficient (Wildman–Crippen LogP) is 5.61. The van der Waals surface area contributed by atoms with Crippen LogP contribution in [0.15, 0.2) is 54.9 Å². The first-order chi connectivity index (χ1) is 22.0. The van der Waals surface area contributed by atoms with E-state index in [4.69, 9.17) is 15.2 Å². The van der Waals surface area contributed by atoms with Gasteiger partial charge in [0.25, 0.3) is 0 Å². The number of sulfone groups is 1. The average Bonchev–Trinajstić information content (AvgIpc) is 3.62. The maximum Gasteiger partial charge on any atom is 0.219 e. The lowest BCUT2D eigenvalue weighted by atomic mass is 10.1. The number of carbonyl (C=O) groups excluding carboxylic acids is 1. The van der Waals surface area contributed by atoms with Crippen molar-refractivity contribution in [3.63, 3.8) is 0 Å². The van der Waals surface area contributed by atoms with Gasteiger partial charge in [0.05, 0.1) is 40.3 Å². The van der Waals surface area contributed by atoms with Gasteiger partial charge in [-0.05, 0) is 74.1 Å². The van der Waals surface area contributed by atoms with E-state index < -0.39 is 44.1 Å². The molecule has 10 nitrogen and oxygen atoms in total. The SMILES string of the molecule is Cc1cc(Oc2c(F)cccc2F)ncc1-n1ncc(C(=O)c2cc3cc(F)c(CCCS(=O)(=O)C4CCOCC4)cc3[nH]2)c1N. The smallest absolute Gasteiger partial charge is 0.219 e. The van der Waals surface area contributed by atoms with Gasteiger partial charge in [0, 0.05) is 30.2 Å². The Morgan fingerprint density at radius 2 is 1.83 bits per heavy atom. The van der Waals surface area contributed by atoms with Crippen LogP contribution in [0.4, 0.5) is 19.0 Å². The predicted molar refractivity (Wildman–Crippen MR) is 165 cm³/mol. The number of carbonyl (C=O) groups is 1. The van der Waals surface area contributed by atoms with Gasteiger partial charge in [-0.2, -0.15) is 5.10 Å². The number of aromatic amines is 1. The highest BCUT2D eigenvalue weighted by molar-refractivity contribution is 7.92. The number of nitrogens with one attached hydrogen (secondary N) is 1. The monoisotopic (exact) mass is 653 g/mol. The number of ether oxygens (including phenoxy) is 2. The molecule has 0 saturated carbocycles. The Bertz CT molecular complexity index is 2030. The van der Waals surface area contributed by atoms with E-state index in [1.807, 2.05) is 0 Å². The molecular weight excluding hydrogens is 623 g/mol. The first-order valence-electron chi connectivity index (χ1n) is 14.6. The number of para-hydroxylation sites is 1. The molecule has 4 heterocycles. The van der Waals surface area contributed by atoms with E-state index in [2.05, 4.69) is 15.1 Å². The number of H-pyrrole nitrogens is 1. The highest BCUT2D eigenvalue weighted by Crippen LogP contribution is 2.30. The van der Waals surface area contributed by atoms with Crippen LogP contribution in [0.25, 0.3) is 16.6 Å². The number of anilines is 1. The maximum atomic E-state index is 15.0. The molecule has 46 heavy (non-hydrogen) atoms. The molecule has 6 rings (SSSR count). The number of halogens is 3. The minimum atomic E-state index is -3.30. The van der Waals surface area contributed by atoms with Crippen molar-refractivity contribution in [1.82, 2.24) is 19.7 Å². The highest BCUT2D eigenvalue weighted by atomic mass is 32.2. The van der Waals surface area contributed by atoms with Crippen molar-refractivity contribution >= 4 is 32.3 Å². The number of fused-ring (bicyclic) bond motifs is 1. The minimum absolute atomic E-state index is 0.0139. The first-order valence-corrected chi connectivity index (χ1v) is 16.3. The van der Waals surface area contributed by atoms with E-state index in [1.54, 1.807) is 13.0 Å². The van der Waals surface area contributed by atoms with Gasteiger partial charge in [0.1, 0.15) is 11.6 Å². The van der Waals surface area contributed by atoms with Gasteiger partial charge < -0.3 is 20.2 Å². The quantitative estimate of drug-likeness (QED) is 0.185. The molecule has 0 amide bonds. The van der Waals surface area contributed by atoms with Crippen LogP contribution in [0.1, 0.15) is 46.4 Å². The normalized spacial score (nSPS) is 14.2. The zero-order chi connectivity index (χ0) is 32.6. The molecule has 14 heteroatoms. The van der Waals surface area contributed by atoms with Crippen LogP contribution >= 0.6 is 0 Å². The maximum absolute atomic E-state index is 15.0. The molecule has 0 unspecified atom stereocenters. The van der Waals surface area contributed by atoms with Crippen LogP contribution in [-0.2, 0) is 21.0 Å². The average molecular weight is 654 g/mol. The number of ketones is 1. The molecule has 0 atom stereocenters. The second kappa shape index (κ2) is 12.6. The number of hydrogen-bond donors (Lipinski definition) is 2. The van der Waals surface area contributed by atoms with E-state index >= 15 is 0 Å². The lowest BCUT2D eigenvalue weighted by molar-refractivity contribution is 0.0983. The van der Waals surface area contributed by atoms with Crippen LogP contribution in [0, 0.1) is 24.4 Å². The van der Waals surface area contributed by atoms with Crippen LogP contribution in [0.3, 0.4) is 0 Å². The Balaban J connectivity index is 1.17. The van der Waals surface area contributed by atoms with Crippen LogP contribution in [0.2, 0.25) is 0 Å². The zero-order valence-corrected chi connectivity index (χ0v) is 25.5. The molecule has 1 fully saturated rings. The molecule has 3 aromatic heterocycles. The number of hydrogen-bond acceptors (Lipinski definition) is 8. The number of benzene rings is 2. The molecule has 0 radical (unpaired) electrons. The number of rotatable bonds is 10. The summed E-state index contributed by atoms with van der Waals surface area (Å²) in [6, 6.07) is 9.21. The summed E-state index contributed by atoms with van der Waals surface area (Å²) in [5, 5.41) is 4.29. The number of aryl methyl sites for hydroxylation is 2. The summed E-state index contributed by atoms with van der Waals surface area (Å²) >= 11 is 0. The molecule has 5 aromatic rings. The lowest BCUT2D eigenvalue weighted by Gasteiger charge is -2.22. The summed E-state index contributed by atoms with van der Waals surface area (Å²) in [6.07, 6.45) is 4.09. The second-order valence-electron chi connectivity index (χ2n) is 11.1. The van der Waals surface area contributed by atoms with Crippen molar-refractivity contribution in [2.24, 2.45) is 0 Å². The third kappa shape index (κ3) is 6.22. The van der Waals surface area contributed by atoms with Crippen molar-refractivity contribution in [2.45, 2.75) is 37.9 Å². The molecule has 240 valence electrons. The summed E-state index contributed by atoms with van der Waals surface area (Å²) in [5.74, 6) is -3.40. The molecule has 2 aromatic carbocycles. The van der Waals surface area contributed by atoms with Crippen molar-refractivity contribution in [3.05, 3.63) is 94.7 Å². The third-order valence-corrected chi connectivity index (χ3v) is 10.4. The first kappa shape index (κ1) is 31.3. The largest absolute Gasteiger partial charge is 0.433 e. The Hall–Kier alpha value is -4.69. The van der Waals surface area contributed by atoms with E-state index in [0.717, 1.165) is 12.1 Å². The standard InChI is InChI=1S/C32H30F3N5O5S/c1-18-12-29(45-31-23(33)5-2-6-24(31)34)37-17-28(18)40-32(36)22(16-38-40)30(41)27-15-20-13-25(35)19(14-26(20)39-27)4-3-11-46(42,43)21-7-9-44-10-8-21/h2,5-6,12-17,21,39H,3-4,7-11,36H2,1H3. The molecule has 0 aliphatic carbocycles. The third-order valence-electron chi connectivity index (χ3n) is 8.05. The van der Waals surface area contributed by atoms with Gasteiger partial charge in [-0.15, -0.1) is 0 Å². The molecule has 1 aliphatic rings. The van der Waals surface area contributed by atoms with Gasteiger partial charge in [-0.3, -0.25) is 4.79 Å². The Morgan fingerprint density at radius 3 is 2.54 bits per heavy atom. The number of aromatic nitrogens is 4. The molecular formula is C32H30F3N5O5S. The van der Waals surface area contributed by atoms with Gasteiger partial charge in [0.15, 0.2) is 21.5 Å². The van der Waals surface area contributed by atoms with Crippen molar-refractivity contribution in [1.29, 1.82) is 0 Å². The summed E-state index contributed by atoms with van der Waals surface area (Å²) in [6.45, 7) is 2.54. The van der Waals surface area contributed by atoms with Crippen LogP contribution in [-0.4, -0.2) is 58.2 Å². The summed E-state index contributed by atoms with van der Waals surface area (Å²) in [4.78, 5) is 20.6. The highest BCUT2D eigenvalue weighted by Gasteiger charge is 2.27. The minimum Gasteiger partial charge on any atom is -0.433 e. The van der Waals surface area contributed by atoms with Gasteiger partial charge in [-0.1, -0.05) is 6.07 Å². The lowest BCUT2D eigenvalue weighted by Crippen LogP contribution is -2.30. The van der Waals surface area contributed by atoms with Crippen molar-refractivity contribution in [3.8, 4) is 17.3 Å². The second-order valence-corrected chi connectivity index (χ2v) is 13.5. The zero-order valence-electron chi connectivity index (χ0n) is 24.7. The number of nitrogen functional groups attached to an aromatic ring is 1. The number of pyridine rings is 1. The van der Waals surface area contributed by atoms with E-state index in [-0.39, 0.29) is 41.5 Å². The Morgan fingerprint density at radius 1 is 1.09 bits per heavy atom. The Labute approximate surface area is 262 Å². The fourth-order valence-electron chi connectivity index (χ4n) is 5.53. The molecule has 0 spiro atoms. The molecule has 1 saturated heterocycles. The topological polar surface area (TPSA) is 142 Å². The van der Waals surface area contributed by atoms with Crippen LogP contribution in [0.5, 0.6) is 11.6 Å². The summed E-state index contributed by atoms with van der Waals surface area (Å²) in [7, 11) is -3.30. The molecule has 1 aliphatic heterocycles. The van der Waals surface area contributed by atoms with E-state index in [1.165, 1.54) is 41.3 Å². The van der Waals surface area contributed by atoms with Gasteiger partial charge >= 0.3 is 0 Å². The van der Waals surface area contributed by atoms with E-state index in [0.29, 0.717) is 53.8 Å². The summed E-state index contributed by atoms with van der Waals surface area (Å²) < 4.78 is 80.2. The number of nitrogens with zero attached hydrogens (tertiary/aromatic N) is 3. The van der Waals surface area contributed by atoms with Gasteiger partial charge in [-0.25, -0.2) is 31.3 Å². The molecule has 0 bridgehead atoms.